The van der Waals surface area contributed by atoms with Crippen molar-refractivity contribution in [2.24, 2.45) is 0 Å². The number of aliphatic hydroxyl groups is 1. The topological polar surface area (TPSA) is 36.4 Å². The second kappa shape index (κ2) is 11.8. The summed E-state index contributed by atoms with van der Waals surface area (Å²) < 4.78 is 0. The highest BCUT2D eigenvalue weighted by Crippen LogP contribution is 2.16. The molecule has 3 nitrogen and oxygen atoms in total. The molecule has 1 heterocycles. The van der Waals surface area contributed by atoms with E-state index in [1.165, 1.54) is 44.1 Å². The normalized spacial score (nSPS) is 12.4. The molecule has 0 unspecified atom stereocenters. The number of hydrogen-bond acceptors (Lipinski definition) is 3. The number of hydrogen-bond donors (Lipinski definition) is 1. The van der Waals surface area contributed by atoms with Gasteiger partial charge in [0.2, 0.25) is 0 Å². The van der Waals surface area contributed by atoms with E-state index >= 15 is 0 Å². The van der Waals surface area contributed by atoms with Crippen LogP contribution >= 0.6 is 0 Å². The SMILES string of the molecule is CCCCCCCCN(Cc1ccccc1)C[C@H](O)c1ccncc1. The van der Waals surface area contributed by atoms with E-state index < -0.39 is 6.10 Å². The average Bonchev–Trinajstić information content (AvgIpc) is 2.66. The van der Waals surface area contributed by atoms with Gasteiger partial charge < -0.3 is 5.11 Å². The van der Waals surface area contributed by atoms with Crippen LogP contribution in [0.5, 0.6) is 0 Å². The smallest absolute Gasteiger partial charge is 0.0918 e. The van der Waals surface area contributed by atoms with Crippen LogP contribution in [0.1, 0.15) is 62.7 Å². The molecule has 0 amide bonds. The molecule has 1 atom stereocenters. The Balaban J connectivity index is 1.87. The average molecular weight is 341 g/mol. The molecule has 0 saturated heterocycles. The lowest BCUT2D eigenvalue weighted by Crippen LogP contribution is -2.29. The van der Waals surface area contributed by atoms with Gasteiger partial charge in [0.05, 0.1) is 6.10 Å². The number of unbranched alkanes of at least 4 members (excludes halogenated alkanes) is 5. The fourth-order valence-electron chi connectivity index (χ4n) is 3.13. The van der Waals surface area contributed by atoms with E-state index in [4.69, 9.17) is 0 Å². The molecule has 0 spiro atoms. The number of benzene rings is 1. The zero-order valence-corrected chi connectivity index (χ0v) is 15.5. The number of aliphatic hydroxyl groups excluding tert-OH is 1. The predicted octanol–water partition coefficient (Wildman–Crippen LogP) is 4.98. The van der Waals surface area contributed by atoms with Gasteiger partial charge in [-0.3, -0.25) is 9.88 Å². The predicted molar refractivity (Wildman–Crippen MR) is 104 cm³/mol. The lowest BCUT2D eigenvalue weighted by atomic mass is 10.1. The lowest BCUT2D eigenvalue weighted by Gasteiger charge is -2.25. The minimum absolute atomic E-state index is 0.466. The summed E-state index contributed by atoms with van der Waals surface area (Å²) in [4.78, 5) is 6.41. The van der Waals surface area contributed by atoms with E-state index in [2.05, 4.69) is 41.1 Å². The van der Waals surface area contributed by atoms with Gasteiger partial charge in [0.1, 0.15) is 0 Å². The third kappa shape index (κ3) is 7.80. The molecule has 0 fully saturated rings. The highest BCUT2D eigenvalue weighted by molar-refractivity contribution is 5.16. The van der Waals surface area contributed by atoms with Crippen molar-refractivity contribution in [3.63, 3.8) is 0 Å². The van der Waals surface area contributed by atoms with Gasteiger partial charge in [-0.05, 0) is 36.2 Å². The minimum atomic E-state index is -0.466. The Labute approximate surface area is 152 Å². The fraction of sp³-hybridized carbons (Fsp3) is 0.500. The zero-order valence-electron chi connectivity index (χ0n) is 15.5. The first-order valence-corrected chi connectivity index (χ1v) is 9.64. The van der Waals surface area contributed by atoms with Gasteiger partial charge in [0.15, 0.2) is 0 Å². The van der Waals surface area contributed by atoms with Crippen LogP contribution in [-0.2, 0) is 6.54 Å². The number of nitrogens with zero attached hydrogens (tertiary/aromatic N) is 2. The summed E-state index contributed by atoms with van der Waals surface area (Å²) in [5.74, 6) is 0. The maximum atomic E-state index is 10.6. The number of rotatable bonds is 12. The first-order chi connectivity index (χ1) is 12.3. The van der Waals surface area contributed by atoms with Gasteiger partial charge in [-0.25, -0.2) is 0 Å². The van der Waals surface area contributed by atoms with Crippen molar-refractivity contribution in [1.82, 2.24) is 9.88 Å². The summed E-state index contributed by atoms with van der Waals surface area (Å²) in [6, 6.07) is 14.3. The maximum Gasteiger partial charge on any atom is 0.0918 e. The summed E-state index contributed by atoms with van der Waals surface area (Å²) >= 11 is 0. The maximum absolute atomic E-state index is 10.6. The molecule has 25 heavy (non-hydrogen) atoms. The third-order valence-electron chi connectivity index (χ3n) is 4.60. The van der Waals surface area contributed by atoms with Crippen LogP contribution in [-0.4, -0.2) is 28.1 Å². The van der Waals surface area contributed by atoms with Crippen LogP contribution in [0.4, 0.5) is 0 Å². The number of aromatic nitrogens is 1. The van der Waals surface area contributed by atoms with Crippen LogP contribution in [0.25, 0.3) is 0 Å². The fourth-order valence-corrected chi connectivity index (χ4v) is 3.13. The van der Waals surface area contributed by atoms with E-state index in [1.54, 1.807) is 12.4 Å². The highest BCUT2D eigenvalue weighted by Gasteiger charge is 2.14. The van der Waals surface area contributed by atoms with Crippen molar-refractivity contribution >= 4 is 0 Å². The molecule has 1 aromatic carbocycles. The van der Waals surface area contributed by atoms with Crippen LogP contribution < -0.4 is 0 Å². The highest BCUT2D eigenvalue weighted by atomic mass is 16.3. The zero-order chi connectivity index (χ0) is 17.7. The molecule has 0 saturated carbocycles. The van der Waals surface area contributed by atoms with E-state index in [1.807, 2.05) is 18.2 Å². The van der Waals surface area contributed by atoms with Crippen molar-refractivity contribution in [3.05, 3.63) is 66.0 Å². The van der Waals surface area contributed by atoms with Crippen LogP contribution in [0.2, 0.25) is 0 Å². The second-order valence-electron chi connectivity index (χ2n) is 6.78. The molecule has 0 aliphatic heterocycles. The number of pyridine rings is 1. The van der Waals surface area contributed by atoms with Gasteiger partial charge >= 0.3 is 0 Å². The summed E-state index contributed by atoms with van der Waals surface area (Å²) in [6.45, 7) is 4.83. The van der Waals surface area contributed by atoms with Crippen molar-refractivity contribution in [1.29, 1.82) is 0 Å². The van der Waals surface area contributed by atoms with Crippen molar-refractivity contribution in [3.8, 4) is 0 Å². The summed E-state index contributed by atoms with van der Waals surface area (Å²) in [5.41, 5.74) is 2.24. The second-order valence-corrected chi connectivity index (χ2v) is 6.78. The Hall–Kier alpha value is -1.71. The Morgan fingerprint density at radius 1 is 0.920 bits per heavy atom. The van der Waals surface area contributed by atoms with Gasteiger partial charge in [0.25, 0.3) is 0 Å². The molecule has 2 aromatic rings. The molecule has 2 rings (SSSR count). The first-order valence-electron chi connectivity index (χ1n) is 9.64. The third-order valence-corrected chi connectivity index (χ3v) is 4.60. The Kier molecular flexibility index (Phi) is 9.24. The summed E-state index contributed by atoms with van der Waals surface area (Å²) in [5, 5.41) is 10.6. The summed E-state index contributed by atoms with van der Waals surface area (Å²) in [6.07, 6.45) is 10.8. The van der Waals surface area contributed by atoms with Gasteiger partial charge in [-0.15, -0.1) is 0 Å². The monoisotopic (exact) mass is 340 g/mol. The Morgan fingerprint density at radius 2 is 1.60 bits per heavy atom. The quantitative estimate of drug-likeness (QED) is 0.554. The molecule has 1 aromatic heterocycles. The molecule has 0 aliphatic rings. The molecule has 136 valence electrons. The van der Waals surface area contributed by atoms with E-state index in [9.17, 15) is 5.11 Å². The largest absolute Gasteiger partial charge is 0.387 e. The van der Waals surface area contributed by atoms with Crippen LogP contribution in [0, 0.1) is 0 Å². The van der Waals surface area contributed by atoms with Crippen LogP contribution in [0.3, 0.4) is 0 Å². The van der Waals surface area contributed by atoms with Crippen molar-refractivity contribution < 1.29 is 5.11 Å². The van der Waals surface area contributed by atoms with E-state index in [-0.39, 0.29) is 0 Å². The molecule has 0 aliphatic carbocycles. The van der Waals surface area contributed by atoms with Gasteiger partial charge in [-0.1, -0.05) is 69.4 Å². The van der Waals surface area contributed by atoms with E-state index in [0.29, 0.717) is 6.54 Å². The summed E-state index contributed by atoms with van der Waals surface area (Å²) in [7, 11) is 0. The van der Waals surface area contributed by atoms with Gasteiger partial charge in [-0.2, -0.15) is 0 Å². The molecular formula is C22H32N2O. The molecule has 0 bridgehead atoms. The minimum Gasteiger partial charge on any atom is -0.387 e. The Bertz CT molecular complexity index is 559. The Morgan fingerprint density at radius 3 is 2.32 bits per heavy atom. The first kappa shape index (κ1) is 19.6. The lowest BCUT2D eigenvalue weighted by molar-refractivity contribution is 0.107. The van der Waals surface area contributed by atoms with E-state index in [0.717, 1.165) is 18.7 Å². The van der Waals surface area contributed by atoms with Crippen LogP contribution in [0.15, 0.2) is 54.9 Å². The molecule has 0 radical (unpaired) electrons. The standard InChI is InChI=1S/C22H32N2O/c1-2-3-4-5-6-10-17-24(18-20-11-8-7-9-12-20)19-22(25)21-13-15-23-16-14-21/h7-9,11-16,22,25H,2-6,10,17-19H2,1H3/t22-/m0/s1. The van der Waals surface area contributed by atoms with Gasteiger partial charge in [0, 0.05) is 25.5 Å². The van der Waals surface area contributed by atoms with Crippen molar-refractivity contribution in [2.75, 3.05) is 13.1 Å². The molecule has 1 N–H and O–H groups in total. The molecule has 3 heteroatoms. The van der Waals surface area contributed by atoms with Crippen molar-refractivity contribution in [2.45, 2.75) is 58.1 Å². The molecular weight excluding hydrogens is 308 g/mol.